The normalized spacial score (nSPS) is 12.0. The predicted octanol–water partition coefficient (Wildman–Crippen LogP) is 14.1. The smallest absolute Gasteiger partial charge is 0.137 e. The molecule has 10 rings (SSSR count). The van der Waals surface area contributed by atoms with Crippen LogP contribution in [0.2, 0.25) is 0 Å². The van der Waals surface area contributed by atoms with Gasteiger partial charge in [0.25, 0.3) is 0 Å². The summed E-state index contributed by atoms with van der Waals surface area (Å²) in [6.45, 7) is 4.46. The van der Waals surface area contributed by atoms with Crippen molar-refractivity contribution in [1.29, 1.82) is 0 Å². The molecule has 3 heteroatoms. The predicted molar refractivity (Wildman–Crippen MR) is 210 cm³/mol. The van der Waals surface area contributed by atoms with Gasteiger partial charge in [-0.1, -0.05) is 105 Å². The minimum absolute atomic E-state index is 0.443. The van der Waals surface area contributed by atoms with Gasteiger partial charge in [-0.25, -0.2) is 0 Å². The number of fused-ring (bicyclic) bond motifs is 9. The molecule has 0 aliphatic rings. The maximum atomic E-state index is 6.56. The first-order chi connectivity index (χ1) is 24.6. The van der Waals surface area contributed by atoms with Crippen molar-refractivity contribution in [2.75, 3.05) is 4.90 Å². The Balaban J connectivity index is 1.21. The summed E-state index contributed by atoms with van der Waals surface area (Å²) in [6.07, 6.45) is 0. The third-order valence-corrected chi connectivity index (χ3v) is 10.2. The molecule has 0 fully saturated rings. The van der Waals surface area contributed by atoms with Gasteiger partial charge in [-0.3, -0.25) is 0 Å². The molecule has 0 atom stereocenters. The summed E-state index contributed by atoms with van der Waals surface area (Å²) >= 11 is 0. The van der Waals surface area contributed by atoms with Gasteiger partial charge in [-0.05, 0) is 93.4 Å². The number of benzene rings is 8. The fourth-order valence-corrected chi connectivity index (χ4v) is 7.64. The van der Waals surface area contributed by atoms with Crippen LogP contribution in [0.25, 0.3) is 76.5 Å². The molecule has 0 radical (unpaired) electrons. The minimum atomic E-state index is 0.443. The van der Waals surface area contributed by atoms with Gasteiger partial charge in [0.15, 0.2) is 0 Å². The molecule has 2 heterocycles. The molecular weight excluding hydrogens is 611 g/mol. The maximum absolute atomic E-state index is 6.56. The standard InChI is InChI=1S/C47H33NO2/c1-29(2)31-16-22-44-41(24-31)39-20-18-34(27-46(39)49-44)48(43-26-33-12-6-7-13-36(33)37-14-8-9-15-38(37)43)35-19-21-40-42-25-32(30-10-4-3-5-11-30)17-23-45(42)50-47(40)28-35/h3-29H,1-2H3. The molecule has 2 aromatic heterocycles. The molecule has 0 aliphatic heterocycles. The van der Waals surface area contributed by atoms with Gasteiger partial charge < -0.3 is 13.7 Å². The van der Waals surface area contributed by atoms with Gasteiger partial charge in [0.05, 0.1) is 5.69 Å². The van der Waals surface area contributed by atoms with Gasteiger partial charge >= 0.3 is 0 Å². The van der Waals surface area contributed by atoms with Gasteiger partial charge in [0, 0.05) is 50.4 Å². The van der Waals surface area contributed by atoms with E-state index in [0.717, 1.165) is 60.9 Å². The fraction of sp³-hybridized carbons (Fsp3) is 0.0638. The Morgan fingerprint density at radius 1 is 0.400 bits per heavy atom. The summed E-state index contributed by atoms with van der Waals surface area (Å²) in [5.41, 5.74) is 10.3. The Labute approximate surface area is 289 Å². The quantitative estimate of drug-likeness (QED) is 0.175. The molecule has 0 spiro atoms. The van der Waals surface area contributed by atoms with Crippen LogP contribution in [0.1, 0.15) is 25.3 Å². The Kier molecular flexibility index (Phi) is 6.37. The van der Waals surface area contributed by atoms with Gasteiger partial charge in [0.1, 0.15) is 22.3 Å². The summed E-state index contributed by atoms with van der Waals surface area (Å²) in [5.74, 6) is 0.443. The molecule has 0 saturated carbocycles. The molecule has 238 valence electrons. The second-order valence-electron chi connectivity index (χ2n) is 13.6. The zero-order chi connectivity index (χ0) is 33.3. The van der Waals surface area contributed by atoms with E-state index in [-0.39, 0.29) is 0 Å². The van der Waals surface area contributed by atoms with Crippen LogP contribution in [0.4, 0.5) is 17.1 Å². The van der Waals surface area contributed by atoms with Crippen molar-refractivity contribution < 1.29 is 8.83 Å². The first kappa shape index (κ1) is 28.7. The van der Waals surface area contributed by atoms with E-state index in [1.54, 1.807) is 0 Å². The highest BCUT2D eigenvalue weighted by atomic mass is 16.3. The van der Waals surface area contributed by atoms with E-state index in [4.69, 9.17) is 8.83 Å². The van der Waals surface area contributed by atoms with Crippen LogP contribution >= 0.6 is 0 Å². The van der Waals surface area contributed by atoms with Crippen LogP contribution in [0.3, 0.4) is 0 Å². The summed E-state index contributed by atoms with van der Waals surface area (Å²) in [7, 11) is 0. The first-order valence-electron chi connectivity index (χ1n) is 17.3. The van der Waals surface area contributed by atoms with E-state index in [9.17, 15) is 0 Å². The molecule has 0 amide bonds. The molecule has 3 nitrogen and oxygen atoms in total. The van der Waals surface area contributed by atoms with Crippen LogP contribution < -0.4 is 4.90 Å². The van der Waals surface area contributed by atoms with E-state index >= 15 is 0 Å². The van der Waals surface area contributed by atoms with Crippen LogP contribution in [0.15, 0.2) is 167 Å². The fourth-order valence-electron chi connectivity index (χ4n) is 7.64. The third-order valence-electron chi connectivity index (χ3n) is 10.2. The first-order valence-corrected chi connectivity index (χ1v) is 17.3. The SMILES string of the molecule is CC(C)c1ccc2oc3cc(N(c4ccc5c(c4)oc4ccc(-c6ccccc6)cc45)c4cc5ccccc5c5ccccc45)ccc3c2c1. The summed E-state index contributed by atoms with van der Waals surface area (Å²) in [5, 5.41) is 9.30. The zero-order valence-corrected chi connectivity index (χ0v) is 27.9. The molecule has 0 bridgehead atoms. The van der Waals surface area contributed by atoms with Crippen LogP contribution in [-0.4, -0.2) is 0 Å². The molecule has 8 aromatic carbocycles. The third kappa shape index (κ3) is 4.51. The van der Waals surface area contributed by atoms with Crippen molar-refractivity contribution >= 4 is 82.5 Å². The topological polar surface area (TPSA) is 29.5 Å². The molecule has 0 aliphatic carbocycles. The lowest BCUT2D eigenvalue weighted by atomic mass is 9.98. The van der Waals surface area contributed by atoms with E-state index in [1.165, 1.54) is 38.2 Å². The van der Waals surface area contributed by atoms with Crippen molar-refractivity contribution in [2.45, 2.75) is 19.8 Å². The lowest BCUT2D eigenvalue weighted by Crippen LogP contribution is -2.10. The molecule has 50 heavy (non-hydrogen) atoms. The van der Waals surface area contributed by atoms with Crippen molar-refractivity contribution in [3.63, 3.8) is 0 Å². The second kappa shape index (κ2) is 11.1. The van der Waals surface area contributed by atoms with E-state index in [0.29, 0.717) is 5.92 Å². The number of hydrogen-bond donors (Lipinski definition) is 0. The van der Waals surface area contributed by atoms with Crippen LogP contribution in [0, 0.1) is 0 Å². The highest BCUT2D eigenvalue weighted by molar-refractivity contribution is 6.15. The van der Waals surface area contributed by atoms with Crippen LogP contribution in [0.5, 0.6) is 0 Å². The Morgan fingerprint density at radius 3 is 1.70 bits per heavy atom. The van der Waals surface area contributed by atoms with Crippen molar-refractivity contribution in [3.05, 3.63) is 163 Å². The van der Waals surface area contributed by atoms with Crippen molar-refractivity contribution in [2.24, 2.45) is 0 Å². The Bertz CT molecular complexity index is 2910. The monoisotopic (exact) mass is 643 g/mol. The number of nitrogens with zero attached hydrogens (tertiary/aromatic N) is 1. The van der Waals surface area contributed by atoms with Crippen molar-refractivity contribution in [3.8, 4) is 11.1 Å². The van der Waals surface area contributed by atoms with Gasteiger partial charge in [-0.2, -0.15) is 0 Å². The number of furan rings is 2. The van der Waals surface area contributed by atoms with Crippen LogP contribution in [-0.2, 0) is 0 Å². The van der Waals surface area contributed by atoms with E-state index in [1.807, 2.05) is 0 Å². The van der Waals surface area contributed by atoms with Crippen molar-refractivity contribution in [1.82, 2.24) is 0 Å². The van der Waals surface area contributed by atoms with E-state index in [2.05, 4.69) is 176 Å². The second-order valence-corrected chi connectivity index (χ2v) is 13.6. The largest absolute Gasteiger partial charge is 0.456 e. The lowest BCUT2D eigenvalue weighted by molar-refractivity contribution is 0.668. The number of hydrogen-bond acceptors (Lipinski definition) is 3. The zero-order valence-electron chi connectivity index (χ0n) is 27.9. The highest BCUT2D eigenvalue weighted by Crippen LogP contribution is 2.45. The molecule has 0 unspecified atom stereocenters. The minimum Gasteiger partial charge on any atom is -0.456 e. The van der Waals surface area contributed by atoms with E-state index < -0.39 is 0 Å². The number of rotatable bonds is 5. The summed E-state index contributed by atoms with van der Waals surface area (Å²) < 4.78 is 13.1. The average molecular weight is 644 g/mol. The van der Waals surface area contributed by atoms with Gasteiger partial charge in [-0.15, -0.1) is 0 Å². The summed E-state index contributed by atoms with van der Waals surface area (Å²) in [4.78, 5) is 2.35. The lowest BCUT2D eigenvalue weighted by Gasteiger charge is -2.27. The number of anilines is 3. The Hall–Kier alpha value is -6.32. The molecule has 0 N–H and O–H groups in total. The molecular formula is C47H33NO2. The highest BCUT2D eigenvalue weighted by Gasteiger charge is 2.21. The molecule has 10 aromatic rings. The summed E-state index contributed by atoms with van der Waals surface area (Å²) in [6, 6.07) is 56.4. The molecule has 0 saturated heterocycles. The maximum Gasteiger partial charge on any atom is 0.137 e. The Morgan fingerprint density at radius 2 is 1.00 bits per heavy atom. The van der Waals surface area contributed by atoms with Gasteiger partial charge in [0.2, 0.25) is 0 Å². The average Bonchev–Trinajstić information content (AvgIpc) is 3.72.